The standard InChI is InChI=1S/C14H30N2O2/c1-8-16(12(5)6)10-14(7,15-11(3)4)13(17)18-9-2/h11-12,15H,8-10H2,1-7H3. The van der Waals surface area contributed by atoms with Gasteiger partial charge in [-0.3, -0.25) is 15.0 Å². The molecule has 0 radical (unpaired) electrons. The predicted molar refractivity (Wildman–Crippen MR) is 75.7 cm³/mol. The van der Waals surface area contributed by atoms with Crippen molar-refractivity contribution in [2.24, 2.45) is 0 Å². The Hall–Kier alpha value is -0.610. The largest absolute Gasteiger partial charge is 0.465 e. The van der Waals surface area contributed by atoms with E-state index in [1.165, 1.54) is 0 Å². The number of nitrogens with one attached hydrogen (secondary N) is 1. The topological polar surface area (TPSA) is 41.6 Å². The number of esters is 1. The average molecular weight is 258 g/mol. The van der Waals surface area contributed by atoms with Crippen molar-refractivity contribution in [1.82, 2.24) is 10.2 Å². The molecular weight excluding hydrogens is 228 g/mol. The van der Waals surface area contributed by atoms with Gasteiger partial charge in [-0.2, -0.15) is 0 Å². The summed E-state index contributed by atoms with van der Waals surface area (Å²) in [5.74, 6) is -0.169. The van der Waals surface area contributed by atoms with Gasteiger partial charge in [0.25, 0.3) is 0 Å². The van der Waals surface area contributed by atoms with Gasteiger partial charge in [0.1, 0.15) is 5.54 Å². The average Bonchev–Trinajstić information content (AvgIpc) is 2.24. The van der Waals surface area contributed by atoms with E-state index in [0.29, 0.717) is 19.2 Å². The van der Waals surface area contributed by atoms with Gasteiger partial charge in [-0.25, -0.2) is 0 Å². The number of nitrogens with zero attached hydrogens (tertiary/aromatic N) is 1. The summed E-state index contributed by atoms with van der Waals surface area (Å²) in [6, 6.07) is 0.656. The Balaban J connectivity index is 4.90. The van der Waals surface area contributed by atoms with Crippen LogP contribution in [0, 0.1) is 0 Å². The third-order valence-corrected chi connectivity index (χ3v) is 2.99. The van der Waals surface area contributed by atoms with Crippen LogP contribution in [0.5, 0.6) is 0 Å². The van der Waals surface area contributed by atoms with E-state index >= 15 is 0 Å². The normalized spacial score (nSPS) is 15.2. The summed E-state index contributed by atoms with van der Waals surface area (Å²) >= 11 is 0. The van der Waals surface area contributed by atoms with Crippen molar-refractivity contribution >= 4 is 5.97 Å². The van der Waals surface area contributed by atoms with Gasteiger partial charge in [0.05, 0.1) is 6.61 Å². The van der Waals surface area contributed by atoms with E-state index in [1.54, 1.807) is 0 Å². The molecule has 0 heterocycles. The Morgan fingerprint density at radius 2 is 1.83 bits per heavy atom. The third kappa shape index (κ3) is 5.36. The van der Waals surface area contributed by atoms with Crippen LogP contribution in [-0.2, 0) is 9.53 Å². The van der Waals surface area contributed by atoms with E-state index in [9.17, 15) is 4.79 Å². The minimum absolute atomic E-state index is 0.169. The fraction of sp³-hybridized carbons (Fsp3) is 0.929. The minimum Gasteiger partial charge on any atom is -0.465 e. The van der Waals surface area contributed by atoms with Gasteiger partial charge in [0.2, 0.25) is 0 Å². The Bertz CT molecular complexity index is 254. The van der Waals surface area contributed by atoms with Crippen molar-refractivity contribution in [3.8, 4) is 0 Å². The summed E-state index contributed by atoms with van der Waals surface area (Å²) in [6.45, 7) is 16.3. The van der Waals surface area contributed by atoms with E-state index < -0.39 is 5.54 Å². The van der Waals surface area contributed by atoms with Crippen LogP contribution in [0.1, 0.15) is 48.5 Å². The zero-order valence-corrected chi connectivity index (χ0v) is 13.0. The van der Waals surface area contributed by atoms with Gasteiger partial charge in [-0.15, -0.1) is 0 Å². The van der Waals surface area contributed by atoms with Crippen molar-refractivity contribution in [1.29, 1.82) is 0 Å². The summed E-state index contributed by atoms with van der Waals surface area (Å²) in [5.41, 5.74) is -0.648. The fourth-order valence-corrected chi connectivity index (χ4v) is 2.16. The number of rotatable bonds is 8. The van der Waals surface area contributed by atoms with E-state index in [4.69, 9.17) is 4.74 Å². The summed E-state index contributed by atoms with van der Waals surface area (Å²) in [7, 11) is 0. The SMILES string of the molecule is CCOC(=O)C(C)(CN(CC)C(C)C)NC(C)C. The van der Waals surface area contributed by atoms with Crippen molar-refractivity contribution in [3.63, 3.8) is 0 Å². The summed E-state index contributed by atoms with van der Waals surface area (Å²) in [6.07, 6.45) is 0. The molecule has 0 bridgehead atoms. The Morgan fingerprint density at radius 3 is 2.17 bits per heavy atom. The predicted octanol–water partition coefficient (Wildman–Crippen LogP) is 2.04. The maximum Gasteiger partial charge on any atom is 0.327 e. The molecule has 0 fully saturated rings. The van der Waals surface area contributed by atoms with Crippen LogP contribution in [0.3, 0.4) is 0 Å². The number of hydrogen-bond acceptors (Lipinski definition) is 4. The second-order valence-electron chi connectivity index (χ2n) is 5.51. The zero-order chi connectivity index (χ0) is 14.3. The molecule has 0 aliphatic carbocycles. The van der Waals surface area contributed by atoms with Crippen LogP contribution < -0.4 is 5.32 Å². The van der Waals surface area contributed by atoms with Crippen LogP contribution in [0.25, 0.3) is 0 Å². The van der Waals surface area contributed by atoms with Crippen molar-refractivity contribution in [2.45, 2.75) is 66.1 Å². The van der Waals surface area contributed by atoms with Crippen molar-refractivity contribution in [3.05, 3.63) is 0 Å². The van der Waals surface area contributed by atoms with Gasteiger partial charge in [0, 0.05) is 18.6 Å². The van der Waals surface area contributed by atoms with E-state index in [-0.39, 0.29) is 12.0 Å². The number of hydrogen-bond donors (Lipinski definition) is 1. The molecule has 1 N–H and O–H groups in total. The lowest BCUT2D eigenvalue weighted by Gasteiger charge is -2.37. The number of ether oxygens (including phenoxy) is 1. The minimum atomic E-state index is -0.648. The van der Waals surface area contributed by atoms with Crippen LogP contribution in [-0.4, -0.2) is 48.2 Å². The highest BCUT2D eigenvalue weighted by Gasteiger charge is 2.37. The maximum atomic E-state index is 12.2. The third-order valence-electron chi connectivity index (χ3n) is 2.99. The molecule has 0 rings (SSSR count). The van der Waals surface area contributed by atoms with E-state index in [0.717, 1.165) is 6.54 Å². The number of carbonyl (C=O) groups is 1. The molecule has 0 saturated heterocycles. The molecule has 4 nitrogen and oxygen atoms in total. The summed E-state index contributed by atoms with van der Waals surface area (Å²) in [4.78, 5) is 14.4. The molecule has 18 heavy (non-hydrogen) atoms. The molecule has 0 aliphatic rings. The van der Waals surface area contributed by atoms with Crippen molar-refractivity contribution in [2.75, 3.05) is 19.7 Å². The lowest BCUT2D eigenvalue weighted by Crippen LogP contribution is -2.60. The van der Waals surface area contributed by atoms with Gasteiger partial charge >= 0.3 is 5.97 Å². The van der Waals surface area contributed by atoms with Crippen molar-refractivity contribution < 1.29 is 9.53 Å². The second kappa shape index (κ2) is 7.74. The quantitative estimate of drug-likeness (QED) is 0.677. The first-order valence-electron chi connectivity index (χ1n) is 6.95. The zero-order valence-electron chi connectivity index (χ0n) is 13.0. The molecule has 0 spiro atoms. The molecule has 4 heteroatoms. The molecule has 1 atom stereocenters. The first kappa shape index (κ1) is 17.4. The number of carbonyl (C=O) groups excluding carboxylic acids is 1. The first-order chi connectivity index (χ1) is 8.26. The van der Waals surface area contributed by atoms with Gasteiger partial charge < -0.3 is 4.74 Å². The molecular formula is C14H30N2O2. The van der Waals surface area contributed by atoms with Gasteiger partial charge in [-0.05, 0) is 48.1 Å². The summed E-state index contributed by atoms with van der Waals surface area (Å²) < 4.78 is 5.20. The monoisotopic (exact) mass is 258 g/mol. The molecule has 0 aromatic carbocycles. The van der Waals surface area contributed by atoms with Crippen LogP contribution in [0.4, 0.5) is 0 Å². The molecule has 0 aliphatic heterocycles. The highest BCUT2D eigenvalue weighted by molar-refractivity contribution is 5.80. The smallest absolute Gasteiger partial charge is 0.327 e. The number of likely N-dealkylation sites (N-methyl/N-ethyl adjacent to an activating group) is 1. The molecule has 0 amide bonds. The second-order valence-corrected chi connectivity index (χ2v) is 5.51. The lowest BCUT2D eigenvalue weighted by atomic mass is 9.99. The molecule has 108 valence electrons. The molecule has 0 aromatic heterocycles. The Kier molecular flexibility index (Phi) is 7.48. The Labute approximate surface area is 112 Å². The summed E-state index contributed by atoms with van der Waals surface area (Å²) in [5, 5.41) is 3.34. The lowest BCUT2D eigenvalue weighted by molar-refractivity contribution is -0.151. The van der Waals surface area contributed by atoms with Crippen LogP contribution in [0.15, 0.2) is 0 Å². The Morgan fingerprint density at radius 1 is 1.28 bits per heavy atom. The van der Waals surface area contributed by atoms with Crippen LogP contribution in [0.2, 0.25) is 0 Å². The van der Waals surface area contributed by atoms with Crippen LogP contribution >= 0.6 is 0 Å². The first-order valence-corrected chi connectivity index (χ1v) is 6.95. The maximum absolute atomic E-state index is 12.2. The fourth-order valence-electron chi connectivity index (χ4n) is 2.16. The highest BCUT2D eigenvalue weighted by Crippen LogP contribution is 2.13. The molecule has 0 saturated carbocycles. The van der Waals surface area contributed by atoms with Gasteiger partial charge in [-0.1, -0.05) is 6.92 Å². The van der Waals surface area contributed by atoms with E-state index in [1.807, 2.05) is 27.7 Å². The molecule has 1 unspecified atom stereocenters. The van der Waals surface area contributed by atoms with Gasteiger partial charge in [0.15, 0.2) is 0 Å². The molecule has 0 aromatic rings. The highest BCUT2D eigenvalue weighted by atomic mass is 16.5. The van der Waals surface area contributed by atoms with E-state index in [2.05, 4.69) is 31.0 Å².